The number of amides is 1. The van der Waals surface area contributed by atoms with Crippen LogP contribution in [0.3, 0.4) is 0 Å². The Kier molecular flexibility index (Phi) is 2.36. The third-order valence-corrected chi connectivity index (χ3v) is 3.20. The van der Waals surface area contributed by atoms with Crippen molar-refractivity contribution in [2.75, 3.05) is 7.05 Å². The van der Waals surface area contributed by atoms with Crippen molar-refractivity contribution in [2.45, 2.75) is 18.5 Å². The molecule has 0 aliphatic carbocycles. The number of nitrogens with zero attached hydrogens (tertiary/aromatic N) is 1. The number of furan rings is 1. The zero-order valence-corrected chi connectivity index (χ0v) is 9.32. The van der Waals surface area contributed by atoms with Gasteiger partial charge in [0.2, 0.25) is 5.91 Å². The fourth-order valence-electron chi connectivity index (χ4n) is 1.79. The number of rotatable bonds is 1. The minimum atomic E-state index is -0.185. The molecule has 0 saturated carbocycles. The van der Waals surface area contributed by atoms with E-state index in [1.165, 1.54) is 0 Å². The predicted octanol–water partition coefficient (Wildman–Crippen LogP) is 1.27. The summed E-state index contributed by atoms with van der Waals surface area (Å²) in [6.07, 6.45) is 1.97. The van der Waals surface area contributed by atoms with Crippen molar-refractivity contribution in [3.05, 3.63) is 22.6 Å². The molecule has 2 unspecified atom stereocenters. The molecular weight excluding hydrogens is 248 g/mol. The lowest BCUT2D eigenvalue weighted by molar-refractivity contribution is -0.127. The average molecular weight is 259 g/mol. The summed E-state index contributed by atoms with van der Waals surface area (Å²) in [4.78, 5) is 13.0. The van der Waals surface area contributed by atoms with Gasteiger partial charge in [-0.1, -0.05) is 0 Å². The lowest BCUT2D eigenvalue weighted by atomic mass is 10.1. The van der Waals surface area contributed by atoms with Crippen molar-refractivity contribution >= 4 is 21.8 Å². The third-order valence-electron chi connectivity index (χ3n) is 2.54. The van der Waals surface area contributed by atoms with E-state index in [1.54, 1.807) is 24.3 Å². The van der Waals surface area contributed by atoms with Crippen molar-refractivity contribution in [3.8, 4) is 0 Å². The van der Waals surface area contributed by atoms with Crippen LogP contribution in [0.15, 0.2) is 21.2 Å². The number of hydrogen-bond acceptors (Lipinski definition) is 3. The number of nitrogens with two attached hydrogens (primary N) is 1. The van der Waals surface area contributed by atoms with Gasteiger partial charge in [0.1, 0.15) is 11.8 Å². The van der Waals surface area contributed by atoms with Crippen molar-refractivity contribution in [1.82, 2.24) is 4.90 Å². The molecule has 1 fully saturated rings. The number of hydrogen-bond donors (Lipinski definition) is 1. The Balaban J connectivity index is 2.35. The van der Waals surface area contributed by atoms with Gasteiger partial charge in [0.25, 0.3) is 0 Å². The highest BCUT2D eigenvalue weighted by Crippen LogP contribution is 2.35. The molecule has 14 heavy (non-hydrogen) atoms. The van der Waals surface area contributed by atoms with Crippen LogP contribution < -0.4 is 5.73 Å². The summed E-state index contributed by atoms with van der Waals surface area (Å²) < 4.78 is 6.18. The molecule has 0 spiro atoms. The quantitative estimate of drug-likeness (QED) is 0.826. The van der Waals surface area contributed by atoms with Crippen molar-refractivity contribution < 1.29 is 9.21 Å². The summed E-state index contributed by atoms with van der Waals surface area (Å²) in [5.41, 5.74) is 5.88. The van der Waals surface area contributed by atoms with Gasteiger partial charge in [0.15, 0.2) is 0 Å². The highest BCUT2D eigenvalue weighted by Gasteiger charge is 2.38. The van der Waals surface area contributed by atoms with E-state index in [2.05, 4.69) is 15.9 Å². The van der Waals surface area contributed by atoms with Crippen molar-refractivity contribution in [1.29, 1.82) is 0 Å². The number of carbonyl (C=O) groups excluding carboxylic acids is 1. The maximum absolute atomic E-state index is 11.4. The molecule has 2 heterocycles. The molecule has 1 aliphatic heterocycles. The van der Waals surface area contributed by atoms with Gasteiger partial charge < -0.3 is 15.1 Å². The molecule has 4 nitrogen and oxygen atoms in total. The summed E-state index contributed by atoms with van der Waals surface area (Å²) >= 11 is 3.36. The van der Waals surface area contributed by atoms with Crippen LogP contribution in [0, 0.1) is 0 Å². The van der Waals surface area contributed by atoms with E-state index in [1.807, 2.05) is 0 Å². The van der Waals surface area contributed by atoms with Gasteiger partial charge in [0, 0.05) is 19.5 Å². The summed E-state index contributed by atoms with van der Waals surface area (Å²) in [5, 5.41) is 0. The summed E-state index contributed by atoms with van der Waals surface area (Å²) in [5.74, 6) is 0.789. The SMILES string of the molecule is CN1C(=O)CC(N)C1c1occc1Br. The zero-order chi connectivity index (χ0) is 10.3. The zero-order valence-electron chi connectivity index (χ0n) is 7.74. The molecule has 2 rings (SSSR count). The normalized spacial score (nSPS) is 27.4. The standard InChI is InChI=1S/C9H11BrN2O2/c1-12-7(13)4-6(11)8(12)9-5(10)2-3-14-9/h2-3,6,8H,4,11H2,1H3. The minimum Gasteiger partial charge on any atom is -0.466 e. The second kappa shape index (κ2) is 3.40. The molecular formula is C9H11BrN2O2. The highest BCUT2D eigenvalue weighted by molar-refractivity contribution is 9.10. The monoisotopic (exact) mass is 258 g/mol. The van der Waals surface area contributed by atoms with Gasteiger partial charge in [-0.15, -0.1) is 0 Å². The molecule has 5 heteroatoms. The first-order valence-corrected chi connectivity index (χ1v) is 5.14. The van der Waals surface area contributed by atoms with Gasteiger partial charge in [-0.25, -0.2) is 0 Å². The summed E-state index contributed by atoms with van der Waals surface area (Å²) in [6, 6.07) is 1.47. The third kappa shape index (κ3) is 1.36. The number of halogens is 1. The molecule has 1 aromatic rings. The smallest absolute Gasteiger partial charge is 0.224 e. The van der Waals surface area contributed by atoms with Gasteiger partial charge in [-0.3, -0.25) is 4.79 Å². The molecule has 1 saturated heterocycles. The van der Waals surface area contributed by atoms with E-state index >= 15 is 0 Å². The molecule has 0 bridgehead atoms. The molecule has 2 N–H and O–H groups in total. The van der Waals surface area contributed by atoms with E-state index < -0.39 is 0 Å². The second-order valence-corrected chi connectivity index (χ2v) is 4.30. The average Bonchev–Trinajstić information content (AvgIpc) is 2.60. The summed E-state index contributed by atoms with van der Waals surface area (Å²) in [7, 11) is 1.74. The Morgan fingerprint density at radius 3 is 2.86 bits per heavy atom. The maximum atomic E-state index is 11.4. The molecule has 0 radical (unpaired) electrons. The van der Waals surface area contributed by atoms with E-state index in [9.17, 15) is 4.79 Å². The number of carbonyl (C=O) groups is 1. The Morgan fingerprint density at radius 2 is 2.43 bits per heavy atom. The largest absolute Gasteiger partial charge is 0.466 e. The van der Waals surface area contributed by atoms with Crippen LogP contribution in [-0.2, 0) is 4.79 Å². The molecule has 2 atom stereocenters. The Labute approximate surface area is 90.2 Å². The first kappa shape index (κ1) is 9.73. The van der Waals surface area contributed by atoms with Crippen LogP contribution in [0.5, 0.6) is 0 Å². The van der Waals surface area contributed by atoms with Crippen molar-refractivity contribution in [3.63, 3.8) is 0 Å². The van der Waals surface area contributed by atoms with E-state index in [4.69, 9.17) is 10.2 Å². The van der Waals surface area contributed by atoms with Crippen LogP contribution in [0.2, 0.25) is 0 Å². The predicted molar refractivity (Wildman–Crippen MR) is 54.5 cm³/mol. The van der Waals surface area contributed by atoms with Crippen molar-refractivity contribution in [2.24, 2.45) is 5.73 Å². The molecule has 76 valence electrons. The Hall–Kier alpha value is -0.810. The second-order valence-electron chi connectivity index (χ2n) is 3.45. The number of likely N-dealkylation sites (N-methyl/N-ethyl adjacent to an activating group) is 1. The van der Waals surface area contributed by atoms with Crippen LogP contribution in [0.25, 0.3) is 0 Å². The summed E-state index contributed by atoms with van der Waals surface area (Å²) in [6.45, 7) is 0. The molecule has 1 aromatic heterocycles. The molecule has 1 aliphatic rings. The molecule has 1 amide bonds. The van der Waals surface area contributed by atoms with Gasteiger partial charge in [-0.2, -0.15) is 0 Å². The van der Waals surface area contributed by atoms with E-state index in [0.29, 0.717) is 6.42 Å². The van der Waals surface area contributed by atoms with Crippen LogP contribution in [0.4, 0.5) is 0 Å². The van der Waals surface area contributed by atoms with Gasteiger partial charge in [0.05, 0.1) is 10.7 Å². The van der Waals surface area contributed by atoms with Gasteiger partial charge in [-0.05, 0) is 22.0 Å². The fourth-order valence-corrected chi connectivity index (χ4v) is 2.22. The highest BCUT2D eigenvalue weighted by atomic mass is 79.9. The first-order chi connectivity index (χ1) is 6.61. The van der Waals surface area contributed by atoms with Gasteiger partial charge >= 0.3 is 0 Å². The number of likely N-dealkylation sites (tertiary alicyclic amines) is 1. The van der Waals surface area contributed by atoms with Crippen LogP contribution in [0.1, 0.15) is 18.2 Å². The Bertz CT molecular complexity index is 363. The topological polar surface area (TPSA) is 59.5 Å². The van der Waals surface area contributed by atoms with E-state index in [0.717, 1.165) is 10.2 Å². The molecule has 0 aromatic carbocycles. The lowest BCUT2D eigenvalue weighted by Gasteiger charge is -2.20. The fraction of sp³-hybridized carbons (Fsp3) is 0.444. The minimum absolute atomic E-state index is 0.0609. The first-order valence-electron chi connectivity index (χ1n) is 4.35. The lowest BCUT2D eigenvalue weighted by Crippen LogP contribution is -2.30. The van der Waals surface area contributed by atoms with Crippen LogP contribution in [-0.4, -0.2) is 23.9 Å². The van der Waals surface area contributed by atoms with Crippen LogP contribution >= 0.6 is 15.9 Å². The Morgan fingerprint density at radius 1 is 1.71 bits per heavy atom. The van der Waals surface area contributed by atoms with E-state index in [-0.39, 0.29) is 18.0 Å². The maximum Gasteiger partial charge on any atom is 0.224 e.